The second-order valence-electron chi connectivity index (χ2n) is 8.09. The van der Waals surface area contributed by atoms with Crippen molar-refractivity contribution in [2.75, 3.05) is 26.2 Å². The van der Waals surface area contributed by atoms with Crippen LogP contribution in [0.15, 0.2) is 18.2 Å². The molecule has 7 heteroatoms. The molecule has 1 heterocycles. The lowest BCUT2D eigenvalue weighted by Crippen LogP contribution is -2.56. The predicted molar refractivity (Wildman–Crippen MR) is 113 cm³/mol. The highest BCUT2D eigenvalue weighted by Crippen LogP contribution is 2.24. The van der Waals surface area contributed by atoms with E-state index in [1.54, 1.807) is 23.1 Å². The first-order valence-electron chi connectivity index (χ1n) is 10.1. The Kier molecular flexibility index (Phi) is 7.24. The number of halogens is 2. The Morgan fingerprint density at radius 2 is 1.71 bits per heavy atom. The minimum Gasteiger partial charge on any atom is -0.352 e. The average molecular weight is 426 g/mol. The van der Waals surface area contributed by atoms with Crippen LogP contribution in [0.4, 0.5) is 0 Å². The maximum Gasteiger partial charge on any atom is 0.255 e. The van der Waals surface area contributed by atoms with E-state index in [9.17, 15) is 9.59 Å². The van der Waals surface area contributed by atoms with Crippen molar-refractivity contribution < 1.29 is 9.59 Å². The van der Waals surface area contributed by atoms with Crippen molar-refractivity contribution in [3.8, 4) is 0 Å². The van der Waals surface area contributed by atoms with Gasteiger partial charge in [0.1, 0.15) is 0 Å². The second-order valence-corrected chi connectivity index (χ2v) is 8.94. The molecule has 0 spiro atoms. The summed E-state index contributed by atoms with van der Waals surface area (Å²) in [5.41, 5.74) is 0.469. The van der Waals surface area contributed by atoms with Crippen LogP contribution < -0.4 is 5.32 Å². The normalized spacial score (nSPS) is 24.6. The van der Waals surface area contributed by atoms with Crippen LogP contribution in [0.2, 0.25) is 10.0 Å². The topological polar surface area (TPSA) is 52.7 Å². The maximum absolute atomic E-state index is 12.7. The van der Waals surface area contributed by atoms with Crippen molar-refractivity contribution in [3.05, 3.63) is 33.8 Å². The highest BCUT2D eigenvalue weighted by Gasteiger charge is 2.30. The molecule has 0 aromatic heterocycles. The van der Waals surface area contributed by atoms with Gasteiger partial charge in [0.25, 0.3) is 5.91 Å². The number of rotatable bonds is 4. The molecular weight excluding hydrogens is 397 g/mol. The smallest absolute Gasteiger partial charge is 0.255 e. The second kappa shape index (κ2) is 9.47. The Bertz CT molecular complexity index is 712. The molecule has 1 aliphatic carbocycles. The summed E-state index contributed by atoms with van der Waals surface area (Å²) in [5, 5.41) is 4.10. The molecule has 28 heavy (non-hydrogen) atoms. The molecule has 2 amide bonds. The minimum absolute atomic E-state index is 0.0882. The molecule has 0 radical (unpaired) electrons. The van der Waals surface area contributed by atoms with Crippen molar-refractivity contribution in [1.29, 1.82) is 0 Å². The van der Waals surface area contributed by atoms with Gasteiger partial charge in [0.05, 0.1) is 16.6 Å². The monoisotopic (exact) mass is 425 g/mol. The van der Waals surface area contributed by atoms with Gasteiger partial charge in [-0.2, -0.15) is 0 Å². The van der Waals surface area contributed by atoms with Crippen LogP contribution in [0.5, 0.6) is 0 Å². The van der Waals surface area contributed by atoms with Gasteiger partial charge < -0.3 is 10.2 Å². The Balaban J connectivity index is 1.50. The van der Waals surface area contributed by atoms with Crippen LogP contribution in [0.3, 0.4) is 0 Å². The highest BCUT2D eigenvalue weighted by molar-refractivity contribution is 6.36. The Morgan fingerprint density at radius 1 is 1.07 bits per heavy atom. The summed E-state index contributed by atoms with van der Waals surface area (Å²) in [5.74, 6) is 0.778. The molecule has 1 unspecified atom stereocenters. The number of hydrogen-bond donors (Lipinski definition) is 1. The van der Waals surface area contributed by atoms with E-state index in [2.05, 4.69) is 17.1 Å². The van der Waals surface area contributed by atoms with E-state index in [4.69, 9.17) is 23.2 Å². The third kappa shape index (κ3) is 5.19. The molecule has 2 fully saturated rings. The zero-order valence-electron chi connectivity index (χ0n) is 16.6. The van der Waals surface area contributed by atoms with Crippen LogP contribution in [0.1, 0.15) is 49.9 Å². The third-order valence-corrected chi connectivity index (χ3v) is 6.60. The molecule has 1 aromatic rings. The molecule has 0 bridgehead atoms. The average Bonchev–Trinajstić information content (AvgIpc) is 2.69. The van der Waals surface area contributed by atoms with Gasteiger partial charge >= 0.3 is 0 Å². The Hall–Kier alpha value is -1.30. The fourth-order valence-electron chi connectivity index (χ4n) is 4.04. The molecule has 1 saturated heterocycles. The largest absolute Gasteiger partial charge is 0.352 e. The van der Waals surface area contributed by atoms with Crippen molar-refractivity contribution in [3.63, 3.8) is 0 Å². The SMILES string of the molecule is CC1CCC(NC(=O)C(C)N2CCN(C(=O)c3ccc(Cl)cc3Cl)CC2)CC1. The maximum atomic E-state index is 12.7. The molecule has 3 rings (SSSR count). The molecule has 154 valence electrons. The standard InChI is InChI=1S/C21H29Cl2N3O2/c1-14-3-6-17(7-4-14)24-20(27)15(2)25-9-11-26(12-10-25)21(28)18-8-5-16(22)13-19(18)23/h5,8,13-15,17H,3-4,6-7,9-12H2,1-2H3,(H,24,27). The van der Waals surface area contributed by atoms with Gasteiger partial charge in [0.15, 0.2) is 0 Å². The van der Waals surface area contributed by atoms with Crippen LogP contribution in [-0.4, -0.2) is 59.9 Å². The van der Waals surface area contributed by atoms with Crippen molar-refractivity contribution >= 4 is 35.0 Å². The lowest BCUT2D eigenvalue weighted by molar-refractivity contribution is -0.127. The summed E-state index contributed by atoms with van der Waals surface area (Å²) < 4.78 is 0. The Labute approximate surface area is 177 Å². The molecule has 1 aliphatic heterocycles. The van der Waals surface area contributed by atoms with Gasteiger partial charge in [-0.25, -0.2) is 0 Å². The van der Waals surface area contributed by atoms with Gasteiger partial charge in [-0.15, -0.1) is 0 Å². The predicted octanol–water partition coefficient (Wildman–Crippen LogP) is 3.83. The van der Waals surface area contributed by atoms with E-state index < -0.39 is 0 Å². The molecule has 1 aromatic carbocycles. The fraction of sp³-hybridized carbons (Fsp3) is 0.619. The van der Waals surface area contributed by atoms with Gasteiger partial charge in [0, 0.05) is 37.2 Å². The van der Waals surface area contributed by atoms with Gasteiger partial charge in [0.2, 0.25) is 5.91 Å². The Morgan fingerprint density at radius 3 is 2.32 bits per heavy atom. The summed E-state index contributed by atoms with van der Waals surface area (Å²) >= 11 is 12.1. The fourth-order valence-corrected chi connectivity index (χ4v) is 4.53. The molecule has 1 N–H and O–H groups in total. The summed E-state index contributed by atoms with van der Waals surface area (Å²) in [6.45, 7) is 6.74. The van der Waals surface area contributed by atoms with Gasteiger partial charge in [-0.3, -0.25) is 14.5 Å². The van der Waals surface area contributed by atoms with E-state index in [-0.39, 0.29) is 17.9 Å². The third-order valence-electron chi connectivity index (χ3n) is 6.05. The van der Waals surface area contributed by atoms with Crippen molar-refractivity contribution in [2.45, 2.75) is 51.6 Å². The first-order chi connectivity index (χ1) is 13.3. The summed E-state index contributed by atoms with van der Waals surface area (Å²) in [6.07, 6.45) is 4.52. The number of amides is 2. The number of nitrogens with zero attached hydrogens (tertiary/aromatic N) is 2. The minimum atomic E-state index is -0.185. The lowest BCUT2D eigenvalue weighted by atomic mass is 9.87. The number of nitrogens with one attached hydrogen (secondary N) is 1. The summed E-state index contributed by atoms with van der Waals surface area (Å²) in [4.78, 5) is 29.3. The molecule has 5 nitrogen and oxygen atoms in total. The zero-order valence-corrected chi connectivity index (χ0v) is 18.1. The van der Waals surface area contributed by atoms with E-state index in [0.717, 1.165) is 18.8 Å². The molecule has 2 aliphatic rings. The number of piperazine rings is 1. The van der Waals surface area contributed by atoms with Gasteiger partial charge in [-0.05, 0) is 56.7 Å². The molecule has 1 atom stereocenters. The first kappa shape index (κ1) is 21.4. The van der Waals surface area contributed by atoms with Crippen molar-refractivity contribution in [1.82, 2.24) is 15.1 Å². The lowest BCUT2D eigenvalue weighted by Gasteiger charge is -2.38. The van der Waals surface area contributed by atoms with Crippen LogP contribution in [0.25, 0.3) is 0 Å². The van der Waals surface area contributed by atoms with Crippen LogP contribution >= 0.6 is 23.2 Å². The van der Waals surface area contributed by atoms with Crippen LogP contribution in [0, 0.1) is 5.92 Å². The molecule has 1 saturated carbocycles. The number of carbonyl (C=O) groups excluding carboxylic acids is 2. The van der Waals surface area contributed by atoms with E-state index >= 15 is 0 Å². The quantitative estimate of drug-likeness (QED) is 0.796. The summed E-state index contributed by atoms with van der Waals surface area (Å²) in [6, 6.07) is 5.05. The highest BCUT2D eigenvalue weighted by atomic mass is 35.5. The molecular formula is C21H29Cl2N3O2. The van der Waals surface area contributed by atoms with Gasteiger partial charge in [-0.1, -0.05) is 30.1 Å². The summed E-state index contributed by atoms with van der Waals surface area (Å²) in [7, 11) is 0. The van der Waals surface area contributed by atoms with E-state index in [0.29, 0.717) is 47.8 Å². The van der Waals surface area contributed by atoms with Crippen LogP contribution in [-0.2, 0) is 4.79 Å². The van der Waals surface area contributed by atoms with Crippen molar-refractivity contribution in [2.24, 2.45) is 5.92 Å². The number of benzene rings is 1. The van der Waals surface area contributed by atoms with E-state index in [1.807, 2.05) is 6.92 Å². The number of hydrogen-bond acceptors (Lipinski definition) is 3. The zero-order chi connectivity index (χ0) is 20.3. The first-order valence-corrected chi connectivity index (χ1v) is 10.9. The van der Waals surface area contributed by atoms with E-state index in [1.165, 1.54) is 12.8 Å². The number of carbonyl (C=O) groups is 2.